The van der Waals surface area contributed by atoms with E-state index in [1.807, 2.05) is 0 Å². The van der Waals surface area contributed by atoms with Crippen molar-refractivity contribution in [3.63, 3.8) is 0 Å². The monoisotopic (exact) mass is 287 g/mol. The second-order valence-electron chi connectivity index (χ2n) is 3.66. The van der Waals surface area contributed by atoms with Crippen molar-refractivity contribution in [2.75, 3.05) is 13.3 Å². The Kier molecular flexibility index (Phi) is 4.04. The minimum Gasteiger partial charge on any atom is -0.493 e. The number of benzene rings is 1. The highest BCUT2D eigenvalue weighted by molar-refractivity contribution is 7.21. The fraction of sp³-hybridized carbons (Fsp3) is 0.250. The van der Waals surface area contributed by atoms with Crippen LogP contribution < -0.4 is 10.5 Å². The van der Waals surface area contributed by atoms with E-state index in [0.29, 0.717) is 28.7 Å². The molecule has 0 radical (unpaired) electrons. The predicted octanol–water partition coefficient (Wildman–Crippen LogP) is 3.39. The van der Waals surface area contributed by atoms with Crippen LogP contribution in [0.4, 0.5) is 4.39 Å². The molecule has 1 aromatic carbocycles. The van der Waals surface area contributed by atoms with E-state index in [1.165, 1.54) is 11.3 Å². The molecule has 1 heterocycles. The molecule has 0 fully saturated rings. The first-order valence-electron chi connectivity index (χ1n) is 5.34. The summed E-state index contributed by atoms with van der Waals surface area (Å²) in [6.07, 6.45) is 0.357. The lowest BCUT2D eigenvalue weighted by Crippen LogP contribution is -2.08. The van der Waals surface area contributed by atoms with Gasteiger partial charge in [-0.2, -0.15) is 0 Å². The number of amides is 1. The zero-order valence-electron chi connectivity index (χ0n) is 9.41. The first-order chi connectivity index (χ1) is 8.63. The minimum absolute atomic E-state index is 0.323. The lowest BCUT2D eigenvalue weighted by molar-refractivity contribution is 0.100. The van der Waals surface area contributed by atoms with Gasteiger partial charge < -0.3 is 10.5 Å². The number of carbonyl (C=O) groups is 1. The van der Waals surface area contributed by atoms with Crippen molar-refractivity contribution in [3.05, 3.63) is 28.1 Å². The van der Waals surface area contributed by atoms with Crippen LogP contribution in [0.15, 0.2) is 18.2 Å². The third kappa shape index (κ3) is 2.57. The largest absolute Gasteiger partial charge is 0.493 e. The molecule has 0 aliphatic carbocycles. The van der Waals surface area contributed by atoms with Gasteiger partial charge in [0.1, 0.15) is 10.6 Å². The molecule has 0 saturated heterocycles. The van der Waals surface area contributed by atoms with E-state index >= 15 is 0 Å². The molecular weight excluding hydrogens is 277 g/mol. The molecule has 2 aromatic rings. The first kappa shape index (κ1) is 13.1. The molecule has 96 valence electrons. The molecular formula is C12H11ClFNO2S. The fourth-order valence-corrected chi connectivity index (χ4v) is 2.94. The van der Waals surface area contributed by atoms with E-state index < -0.39 is 12.6 Å². The Labute approximate surface area is 112 Å². The van der Waals surface area contributed by atoms with Crippen molar-refractivity contribution in [2.24, 2.45) is 5.73 Å². The summed E-state index contributed by atoms with van der Waals surface area (Å²) in [4.78, 5) is 11.5. The third-order valence-corrected chi connectivity index (χ3v) is 4.04. The van der Waals surface area contributed by atoms with E-state index in [-0.39, 0.29) is 0 Å². The average Bonchev–Trinajstić information content (AvgIpc) is 2.67. The molecule has 3 nitrogen and oxygen atoms in total. The number of thiophene rings is 1. The first-order valence-corrected chi connectivity index (χ1v) is 6.53. The number of ether oxygens (including phenoxy) is 1. The SMILES string of the molecule is NC(=O)c1sc2cc(OCCCF)ccc2c1Cl. The highest BCUT2D eigenvalue weighted by Gasteiger charge is 2.14. The zero-order valence-corrected chi connectivity index (χ0v) is 11.0. The maximum absolute atomic E-state index is 11.9. The number of primary amides is 1. The van der Waals surface area contributed by atoms with Gasteiger partial charge in [0.25, 0.3) is 5.91 Å². The number of fused-ring (bicyclic) bond motifs is 1. The minimum atomic E-state index is -0.541. The molecule has 0 bridgehead atoms. The summed E-state index contributed by atoms with van der Waals surface area (Å²) in [7, 11) is 0. The van der Waals surface area contributed by atoms with Gasteiger partial charge in [0.2, 0.25) is 0 Å². The van der Waals surface area contributed by atoms with Crippen LogP contribution in [0, 0.1) is 0 Å². The summed E-state index contributed by atoms with van der Waals surface area (Å²) in [6.45, 7) is -0.0807. The molecule has 0 aliphatic rings. The van der Waals surface area contributed by atoms with Crippen LogP contribution >= 0.6 is 22.9 Å². The molecule has 0 atom stereocenters. The maximum Gasteiger partial charge on any atom is 0.260 e. The molecule has 2 rings (SSSR count). The van der Waals surface area contributed by atoms with Crippen LogP contribution in [0.1, 0.15) is 16.1 Å². The van der Waals surface area contributed by atoms with Crippen LogP contribution in [0.5, 0.6) is 5.75 Å². The highest BCUT2D eigenvalue weighted by atomic mass is 35.5. The predicted molar refractivity (Wildman–Crippen MR) is 71.4 cm³/mol. The van der Waals surface area contributed by atoms with Gasteiger partial charge in [-0.15, -0.1) is 11.3 Å². The van der Waals surface area contributed by atoms with Crippen molar-refractivity contribution in [1.82, 2.24) is 0 Å². The topological polar surface area (TPSA) is 52.3 Å². The number of carbonyl (C=O) groups excluding carboxylic acids is 1. The number of hydrogen-bond donors (Lipinski definition) is 1. The summed E-state index contributed by atoms with van der Waals surface area (Å²) < 4.78 is 18.1. The van der Waals surface area contributed by atoms with E-state index in [4.69, 9.17) is 22.1 Å². The summed E-state index contributed by atoms with van der Waals surface area (Å²) in [6, 6.07) is 5.28. The number of hydrogen-bond acceptors (Lipinski definition) is 3. The van der Waals surface area contributed by atoms with Crippen LogP contribution in [0.2, 0.25) is 5.02 Å². The third-order valence-electron chi connectivity index (χ3n) is 2.37. The molecule has 18 heavy (non-hydrogen) atoms. The van der Waals surface area contributed by atoms with Crippen molar-refractivity contribution in [1.29, 1.82) is 0 Å². The van der Waals surface area contributed by atoms with Gasteiger partial charge in [-0.3, -0.25) is 9.18 Å². The van der Waals surface area contributed by atoms with Gasteiger partial charge in [0.15, 0.2) is 0 Å². The quantitative estimate of drug-likeness (QED) is 0.857. The fourth-order valence-electron chi connectivity index (χ4n) is 1.54. The summed E-state index contributed by atoms with van der Waals surface area (Å²) in [5.41, 5.74) is 5.23. The summed E-state index contributed by atoms with van der Waals surface area (Å²) >= 11 is 7.28. The van der Waals surface area contributed by atoms with Crippen LogP contribution in [0.25, 0.3) is 10.1 Å². The van der Waals surface area contributed by atoms with E-state index in [2.05, 4.69) is 0 Å². The number of alkyl halides is 1. The van der Waals surface area contributed by atoms with Gasteiger partial charge >= 0.3 is 0 Å². The number of nitrogens with two attached hydrogens (primary N) is 1. The average molecular weight is 288 g/mol. The van der Waals surface area contributed by atoms with Crippen molar-refractivity contribution in [2.45, 2.75) is 6.42 Å². The molecule has 2 N–H and O–H groups in total. The van der Waals surface area contributed by atoms with Gasteiger partial charge in [0.05, 0.1) is 18.3 Å². The molecule has 1 aromatic heterocycles. The zero-order chi connectivity index (χ0) is 13.1. The summed E-state index contributed by atoms with van der Waals surface area (Å²) in [5, 5.41) is 1.14. The van der Waals surface area contributed by atoms with E-state index in [9.17, 15) is 9.18 Å². The molecule has 1 amide bonds. The Balaban J connectivity index is 2.31. The van der Waals surface area contributed by atoms with Gasteiger partial charge in [-0.05, 0) is 18.2 Å². The lowest BCUT2D eigenvalue weighted by atomic mass is 10.2. The van der Waals surface area contributed by atoms with Crippen LogP contribution in [-0.4, -0.2) is 19.2 Å². The Morgan fingerprint density at radius 1 is 1.50 bits per heavy atom. The Morgan fingerprint density at radius 3 is 2.94 bits per heavy atom. The normalized spacial score (nSPS) is 10.8. The maximum atomic E-state index is 11.9. The molecule has 6 heteroatoms. The van der Waals surface area contributed by atoms with E-state index in [0.717, 1.165) is 10.1 Å². The molecule has 0 aliphatic heterocycles. The van der Waals surface area contributed by atoms with Gasteiger partial charge in [-0.25, -0.2) is 0 Å². The Bertz CT molecular complexity index is 585. The smallest absolute Gasteiger partial charge is 0.260 e. The molecule has 0 unspecified atom stereocenters. The standard InChI is InChI=1S/C12H11ClFNO2S/c13-10-8-3-2-7(17-5-1-4-14)6-9(8)18-11(10)12(15)16/h2-3,6H,1,4-5H2,(H2,15,16). The van der Waals surface area contributed by atoms with Gasteiger partial charge in [0, 0.05) is 16.5 Å². The Hall–Kier alpha value is -1.33. The lowest BCUT2D eigenvalue weighted by Gasteiger charge is -2.04. The van der Waals surface area contributed by atoms with Gasteiger partial charge in [-0.1, -0.05) is 11.6 Å². The second-order valence-corrected chi connectivity index (χ2v) is 5.09. The van der Waals surface area contributed by atoms with Crippen LogP contribution in [0.3, 0.4) is 0 Å². The number of rotatable bonds is 5. The van der Waals surface area contributed by atoms with Crippen molar-refractivity contribution in [3.8, 4) is 5.75 Å². The van der Waals surface area contributed by atoms with E-state index in [1.54, 1.807) is 18.2 Å². The highest BCUT2D eigenvalue weighted by Crippen LogP contribution is 2.36. The van der Waals surface area contributed by atoms with Crippen molar-refractivity contribution >= 4 is 38.9 Å². The molecule has 0 saturated carbocycles. The number of halogens is 2. The summed E-state index contributed by atoms with van der Waals surface area (Å²) in [5.74, 6) is 0.0889. The second kappa shape index (κ2) is 5.54. The Morgan fingerprint density at radius 2 is 2.28 bits per heavy atom. The molecule has 0 spiro atoms. The van der Waals surface area contributed by atoms with Crippen molar-refractivity contribution < 1.29 is 13.9 Å². The van der Waals surface area contributed by atoms with Crippen LogP contribution in [-0.2, 0) is 0 Å².